The minimum atomic E-state index is -0.165. The van der Waals surface area contributed by atoms with Gasteiger partial charge in [0.2, 0.25) is 0 Å². The molecular formula is C22H18O5. The zero-order chi connectivity index (χ0) is 19.0. The van der Waals surface area contributed by atoms with E-state index in [1.807, 2.05) is 36.4 Å². The smallest absolute Gasteiger partial charge is 0.193 e. The van der Waals surface area contributed by atoms with Gasteiger partial charge in [-0.05, 0) is 22.9 Å². The van der Waals surface area contributed by atoms with Crippen molar-refractivity contribution < 1.29 is 18.6 Å². The predicted octanol–water partition coefficient (Wildman–Crippen LogP) is 4.64. The van der Waals surface area contributed by atoms with E-state index in [9.17, 15) is 4.79 Å². The van der Waals surface area contributed by atoms with Gasteiger partial charge in [0.1, 0.15) is 17.1 Å². The molecule has 0 unspecified atom stereocenters. The molecule has 0 aliphatic rings. The number of fused-ring (bicyclic) bond motifs is 2. The van der Waals surface area contributed by atoms with Crippen molar-refractivity contribution in [2.24, 2.45) is 0 Å². The molecule has 0 bridgehead atoms. The molecule has 0 radical (unpaired) electrons. The van der Waals surface area contributed by atoms with Gasteiger partial charge in [0.15, 0.2) is 16.9 Å². The first-order chi connectivity index (χ1) is 13.2. The summed E-state index contributed by atoms with van der Waals surface area (Å²) in [6.07, 6.45) is 0. The van der Waals surface area contributed by atoms with E-state index in [0.717, 1.165) is 16.3 Å². The number of methoxy groups -OCH3 is 3. The van der Waals surface area contributed by atoms with E-state index < -0.39 is 0 Å². The van der Waals surface area contributed by atoms with Gasteiger partial charge in [-0.3, -0.25) is 4.79 Å². The van der Waals surface area contributed by atoms with Gasteiger partial charge in [-0.2, -0.15) is 0 Å². The maximum atomic E-state index is 12.8. The molecule has 27 heavy (non-hydrogen) atoms. The second-order valence-corrected chi connectivity index (χ2v) is 6.04. The predicted molar refractivity (Wildman–Crippen MR) is 105 cm³/mol. The number of hydrogen-bond acceptors (Lipinski definition) is 5. The Morgan fingerprint density at radius 1 is 0.741 bits per heavy atom. The van der Waals surface area contributed by atoms with Gasteiger partial charge in [-0.1, -0.05) is 30.3 Å². The minimum absolute atomic E-state index is 0.165. The molecule has 0 spiro atoms. The topological polar surface area (TPSA) is 57.9 Å². The van der Waals surface area contributed by atoms with E-state index in [-0.39, 0.29) is 5.43 Å². The molecule has 1 heterocycles. The monoisotopic (exact) mass is 362 g/mol. The molecule has 0 atom stereocenters. The molecule has 0 aliphatic carbocycles. The van der Waals surface area contributed by atoms with Crippen molar-refractivity contribution >= 4 is 21.7 Å². The molecule has 0 fully saturated rings. The lowest BCUT2D eigenvalue weighted by Crippen LogP contribution is -2.02. The lowest BCUT2D eigenvalue weighted by molar-refractivity contribution is 0.355. The Morgan fingerprint density at radius 3 is 2.19 bits per heavy atom. The van der Waals surface area contributed by atoms with Gasteiger partial charge >= 0.3 is 0 Å². The van der Waals surface area contributed by atoms with Crippen LogP contribution in [0.15, 0.2) is 63.8 Å². The standard InChI is InChI=1S/C22H18O5/c1-24-17-9-8-13-6-4-5-7-14(13)22(17)21-11-16(23)15-10-19(25-2)20(26-3)12-18(15)27-21/h4-12H,1-3H3. The van der Waals surface area contributed by atoms with E-state index in [1.54, 1.807) is 26.4 Å². The minimum Gasteiger partial charge on any atom is -0.496 e. The molecule has 5 nitrogen and oxygen atoms in total. The van der Waals surface area contributed by atoms with Crippen LogP contribution in [0.2, 0.25) is 0 Å². The summed E-state index contributed by atoms with van der Waals surface area (Å²) in [6, 6.07) is 16.5. The van der Waals surface area contributed by atoms with Gasteiger partial charge < -0.3 is 18.6 Å². The van der Waals surface area contributed by atoms with Crippen LogP contribution in [0, 0.1) is 0 Å². The van der Waals surface area contributed by atoms with Gasteiger partial charge in [0, 0.05) is 12.1 Å². The first-order valence-corrected chi connectivity index (χ1v) is 8.42. The number of benzene rings is 3. The fourth-order valence-corrected chi connectivity index (χ4v) is 3.28. The van der Waals surface area contributed by atoms with Crippen molar-refractivity contribution in [2.75, 3.05) is 21.3 Å². The highest BCUT2D eigenvalue weighted by Gasteiger charge is 2.17. The van der Waals surface area contributed by atoms with Crippen LogP contribution in [0.5, 0.6) is 17.2 Å². The molecule has 0 amide bonds. The van der Waals surface area contributed by atoms with Gasteiger partial charge in [-0.25, -0.2) is 0 Å². The van der Waals surface area contributed by atoms with Crippen molar-refractivity contribution in [3.05, 3.63) is 64.8 Å². The molecule has 1 aromatic heterocycles. The van der Waals surface area contributed by atoms with Crippen molar-refractivity contribution in [1.82, 2.24) is 0 Å². The lowest BCUT2D eigenvalue weighted by atomic mass is 10.0. The van der Waals surface area contributed by atoms with Crippen LogP contribution in [0.1, 0.15) is 0 Å². The number of hydrogen-bond donors (Lipinski definition) is 0. The summed E-state index contributed by atoms with van der Waals surface area (Å²) in [4.78, 5) is 12.8. The van der Waals surface area contributed by atoms with E-state index in [0.29, 0.717) is 34.0 Å². The van der Waals surface area contributed by atoms with Crippen LogP contribution in [0.4, 0.5) is 0 Å². The van der Waals surface area contributed by atoms with E-state index in [4.69, 9.17) is 18.6 Å². The Balaban J connectivity index is 2.06. The van der Waals surface area contributed by atoms with Crippen LogP contribution in [0.3, 0.4) is 0 Å². The molecule has 3 aromatic carbocycles. The Morgan fingerprint density at radius 2 is 1.44 bits per heavy atom. The summed E-state index contributed by atoms with van der Waals surface area (Å²) < 4.78 is 22.3. The molecule has 0 saturated carbocycles. The van der Waals surface area contributed by atoms with Gasteiger partial charge in [0.25, 0.3) is 0 Å². The maximum absolute atomic E-state index is 12.8. The lowest BCUT2D eigenvalue weighted by Gasteiger charge is -2.13. The number of ether oxygens (including phenoxy) is 3. The third kappa shape index (κ3) is 2.77. The summed E-state index contributed by atoms with van der Waals surface area (Å²) >= 11 is 0. The second-order valence-electron chi connectivity index (χ2n) is 6.04. The highest BCUT2D eigenvalue weighted by atomic mass is 16.5. The highest BCUT2D eigenvalue weighted by Crippen LogP contribution is 2.38. The van der Waals surface area contributed by atoms with Gasteiger partial charge in [0.05, 0.1) is 32.3 Å². The van der Waals surface area contributed by atoms with E-state index in [1.165, 1.54) is 13.2 Å². The van der Waals surface area contributed by atoms with Crippen LogP contribution in [-0.4, -0.2) is 21.3 Å². The zero-order valence-electron chi connectivity index (χ0n) is 15.2. The SMILES string of the molecule is COc1cc2oc(-c3c(OC)ccc4ccccc34)cc(=O)c2cc1OC. The Kier molecular flexibility index (Phi) is 4.20. The average molecular weight is 362 g/mol. The molecule has 0 saturated heterocycles. The molecule has 0 aliphatic heterocycles. The summed E-state index contributed by atoms with van der Waals surface area (Å²) in [5, 5.41) is 2.40. The fraction of sp³-hybridized carbons (Fsp3) is 0.136. The van der Waals surface area contributed by atoms with Crippen molar-refractivity contribution in [3.63, 3.8) is 0 Å². The van der Waals surface area contributed by atoms with Crippen molar-refractivity contribution in [3.8, 4) is 28.6 Å². The van der Waals surface area contributed by atoms with Crippen LogP contribution in [-0.2, 0) is 0 Å². The maximum Gasteiger partial charge on any atom is 0.193 e. The third-order valence-electron chi connectivity index (χ3n) is 4.59. The highest BCUT2D eigenvalue weighted by molar-refractivity contribution is 5.99. The quantitative estimate of drug-likeness (QED) is 0.529. The summed E-state index contributed by atoms with van der Waals surface area (Å²) in [6.45, 7) is 0. The van der Waals surface area contributed by atoms with Crippen molar-refractivity contribution in [1.29, 1.82) is 0 Å². The first kappa shape index (κ1) is 17.0. The first-order valence-electron chi connectivity index (χ1n) is 8.42. The molecule has 4 rings (SSSR count). The Labute approximate surface area is 155 Å². The molecule has 0 N–H and O–H groups in total. The molecule has 4 aromatic rings. The van der Waals surface area contributed by atoms with Crippen molar-refractivity contribution in [2.45, 2.75) is 0 Å². The summed E-state index contributed by atoms with van der Waals surface area (Å²) in [7, 11) is 4.67. The normalized spacial score (nSPS) is 10.9. The molecule has 136 valence electrons. The largest absolute Gasteiger partial charge is 0.496 e. The molecule has 5 heteroatoms. The van der Waals surface area contributed by atoms with E-state index in [2.05, 4.69) is 0 Å². The fourth-order valence-electron chi connectivity index (χ4n) is 3.28. The third-order valence-corrected chi connectivity index (χ3v) is 4.59. The summed E-state index contributed by atoms with van der Waals surface area (Å²) in [5.74, 6) is 2.05. The van der Waals surface area contributed by atoms with Crippen LogP contribution < -0.4 is 19.6 Å². The zero-order valence-corrected chi connectivity index (χ0v) is 15.2. The Bertz CT molecular complexity index is 1210. The summed E-state index contributed by atoms with van der Waals surface area (Å²) in [5.41, 5.74) is 0.997. The van der Waals surface area contributed by atoms with Gasteiger partial charge in [-0.15, -0.1) is 0 Å². The number of rotatable bonds is 4. The van der Waals surface area contributed by atoms with Crippen LogP contribution >= 0.6 is 0 Å². The van der Waals surface area contributed by atoms with E-state index >= 15 is 0 Å². The van der Waals surface area contributed by atoms with Crippen LogP contribution in [0.25, 0.3) is 33.1 Å². The average Bonchev–Trinajstić information content (AvgIpc) is 2.71. The Hall–Kier alpha value is -3.47. The second kappa shape index (κ2) is 6.68. The molecular weight excluding hydrogens is 344 g/mol.